The van der Waals surface area contributed by atoms with Crippen molar-refractivity contribution in [2.75, 3.05) is 13.1 Å². The summed E-state index contributed by atoms with van der Waals surface area (Å²) < 4.78 is 0. The fourth-order valence-corrected chi connectivity index (χ4v) is 3.69. The molecule has 0 aromatic heterocycles. The summed E-state index contributed by atoms with van der Waals surface area (Å²) in [4.78, 5) is 13.7. The van der Waals surface area contributed by atoms with Gasteiger partial charge in [0.05, 0.1) is 8.07 Å². The summed E-state index contributed by atoms with van der Waals surface area (Å²) in [6.07, 6.45) is 7.30. The van der Waals surface area contributed by atoms with Crippen LogP contribution in [-0.2, 0) is 4.79 Å². The van der Waals surface area contributed by atoms with Crippen molar-refractivity contribution in [1.29, 1.82) is 0 Å². The highest BCUT2D eigenvalue weighted by atomic mass is 28.3. The summed E-state index contributed by atoms with van der Waals surface area (Å²) in [5.41, 5.74) is 0. The second-order valence-electron chi connectivity index (χ2n) is 4.87. The van der Waals surface area contributed by atoms with Crippen LogP contribution in [0.5, 0.6) is 0 Å². The van der Waals surface area contributed by atoms with Gasteiger partial charge in [0.2, 0.25) is 5.91 Å². The normalized spacial score (nSPS) is 21.4. The van der Waals surface area contributed by atoms with Crippen LogP contribution in [-0.4, -0.2) is 32.0 Å². The third-order valence-electron chi connectivity index (χ3n) is 2.97. The fourth-order valence-electron chi connectivity index (χ4n) is 1.69. The molecular formula is C12H21NOSi. The molecule has 1 saturated heterocycles. The van der Waals surface area contributed by atoms with Crippen LogP contribution in [0.25, 0.3) is 0 Å². The van der Waals surface area contributed by atoms with E-state index in [9.17, 15) is 4.79 Å². The van der Waals surface area contributed by atoms with E-state index in [1.807, 2.05) is 30.1 Å². The number of rotatable bonds is 2. The Morgan fingerprint density at radius 1 is 1.20 bits per heavy atom. The van der Waals surface area contributed by atoms with Crippen molar-refractivity contribution < 1.29 is 4.79 Å². The molecule has 1 aliphatic heterocycles. The maximum atomic E-state index is 11.7. The lowest BCUT2D eigenvalue weighted by Crippen LogP contribution is -2.44. The molecule has 1 heterocycles. The van der Waals surface area contributed by atoms with E-state index in [0.29, 0.717) is 0 Å². The molecule has 84 valence electrons. The van der Waals surface area contributed by atoms with Crippen LogP contribution in [0.3, 0.4) is 0 Å². The minimum absolute atomic E-state index is 0.164. The molecule has 1 fully saturated rings. The zero-order valence-corrected chi connectivity index (χ0v) is 11.0. The summed E-state index contributed by atoms with van der Waals surface area (Å²) in [5, 5.41) is 0. The molecule has 15 heavy (non-hydrogen) atoms. The first-order valence-electron chi connectivity index (χ1n) is 5.63. The number of carbonyl (C=O) groups is 1. The zero-order valence-electron chi connectivity index (χ0n) is 9.99. The van der Waals surface area contributed by atoms with Crippen molar-refractivity contribution >= 4 is 14.0 Å². The lowest BCUT2D eigenvalue weighted by molar-refractivity contribution is -0.125. The van der Waals surface area contributed by atoms with Crippen molar-refractivity contribution in [3.05, 3.63) is 24.3 Å². The molecule has 3 heteroatoms. The largest absolute Gasteiger partial charge is 0.340 e. The van der Waals surface area contributed by atoms with Gasteiger partial charge in [-0.05, 0) is 19.0 Å². The average molecular weight is 223 g/mol. The van der Waals surface area contributed by atoms with Crippen LogP contribution in [0.1, 0.15) is 6.92 Å². The van der Waals surface area contributed by atoms with Crippen LogP contribution < -0.4 is 0 Å². The number of hydrogen-bond acceptors (Lipinski definition) is 1. The number of carbonyl (C=O) groups excluding carboxylic acids is 1. The van der Waals surface area contributed by atoms with Gasteiger partial charge >= 0.3 is 0 Å². The Hall–Kier alpha value is -0.833. The van der Waals surface area contributed by atoms with Crippen molar-refractivity contribution in [2.45, 2.75) is 32.1 Å². The van der Waals surface area contributed by atoms with Gasteiger partial charge in [-0.1, -0.05) is 31.3 Å². The summed E-state index contributed by atoms with van der Waals surface area (Å²) in [7, 11) is -0.948. The van der Waals surface area contributed by atoms with E-state index in [0.717, 1.165) is 13.1 Å². The number of allylic oxidation sites excluding steroid dienone is 3. The van der Waals surface area contributed by atoms with Crippen molar-refractivity contribution in [3.8, 4) is 0 Å². The summed E-state index contributed by atoms with van der Waals surface area (Å²) >= 11 is 0. The molecule has 0 saturated carbocycles. The molecule has 0 aromatic rings. The predicted molar refractivity (Wildman–Crippen MR) is 67.6 cm³/mol. The van der Waals surface area contributed by atoms with Gasteiger partial charge in [0.1, 0.15) is 0 Å². The Labute approximate surface area is 93.7 Å². The maximum Gasteiger partial charge on any atom is 0.246 e. The summed E-state index contributed by atoms with van der Waals surface area (Å²) in [5.74, 6) is 0.164. The highest BCUT2D eigenvalue weighted by Crippen LogP contribution is 2.21. The van der Waals surface area contributed by atoms with Gasteiger partial charge < -0.3 is 4.90 Å². The standard InChI is InChI=1S/C12H21NOSi/c1-4-5-6-7-12(14)13-8-10-15(2,3)11-9-13/h4-7H,8-11H2,1-3H3/b5-4+,7-6+. The van der Waals surface area contributed by atoms with Crippen LogP contribution in [0, 0.1) is 0 Å². The van der Waals surface area contributed by atoms with E-state index >= 15 is 0 Å². The first-order chi connectivity index (χ1) is 7.05. The molecule has 0 atom stereocenters. The lowest BCUT2D eigenvalue weighted by atomic mass is 10.4. The molecule has 1 rings (SSSR count). The van der Waals surface area contributed by atoms with E-state index in [2.05, 4.69) is 13.1 Å². The fraction of sp³-hybridized carbons (Fsp3) is 0.583. The molecule has 0 bridgehead atoms. The van der Waals surface area contributed by atoms with E-state index in [-0.39, 0.29) is 5.91 Å². The van der Waals surface area contributed by atoms with Crippen LogP contribution in [0.4, 0.5) is 0 Å². The molecule has 0 radical (unpaired) electrons. The minimum atomic E-state index is -0.948. The topological polar surface area (TPSA) is 20.3 Å². The lowest BCUT2D eigenvalue weighted by Gasteiger charge is -2.35. The third-order valence-corrected chi connectivity index (χ3v) is 6.13. The highest BCUT2D eigenvalue weighted by Gasteiger charge is 2.28. The second kappa shape index (κ2) is 5.31. The Kier molecular flexibility index (Phi) is 4.33. The maximum absolute atomic E-state index is 11.7. The number of nitrogens with zero attached hydrogens (tertiary/aromatic N) is 1. The quantitative estimate of drug-likeness (QED) is 0.400. The third kappa shape index (κ3) is 4.04. The Bertz CT molecular complexity index is 271. The first kappa shape index (κ1) is 12.2. The Balaban J connectivity index is 2.43. The minimum Gasteiger partial charge on any atom is -0.340 e. The molecule has 1 amide bonds. The highest BCUT2D eigenvalue weighted by molar-refractivity contribution is 6.77. The Morgan fingerprint density at radius 3 is 2.33 bits per heavy atom. The molecule has 0 N–H and O–H groups in total. The van der Waals surface area contributed by atoms with Crippen LogP contribution in [0.2, 0.25) is 25.2 Å². The smallest absolute Gasteiger partial charge is 0.246 e. The molecular weight excluding hydrogens is 202 g/mol. The van der Waals surface area contributed by atoms with E-state index in [4.69, 9.17) is 0 Å². The van der Waals surface area contributed by atoms with Gasteiger partial charge in [-0.3, -0.25) is 4.79 Å². The van der Waals surface area contributed by atoms with Crippen molar-refractivity contribution in [1.82, 2.24) is 4.90 Å². The monoisotopic (exact) mass is 223 g/mol. The predicted octanol–water partition coefficient (Wildman–Crippen LogP) is 2.67. The zero-order chi connectivity index (χ0) is 11.3. The number of hydrogen-bond donors (Lipinski definition) is 0. The molecule has 1 aliphatic rings. The van der Waals surface area contributed by atoms with Gasteiger partial charge in [0.15, 0.2) is 0 Å². The van der Waals surface area contributed by atoms with Gasteiger partial charge in [0.25, 0.3) is 0 Å². The molecule has 0 spiro atoms. The van der Waals surface area contributed by atoms with Gasteiger partial charge in [0, 0.05) is 19.2 Å². The first-order valence-corrected chi connectivity index (χ1v) is 9.05. The molecule has 2 nitrogen and oxygen atoms in total. The van der Waals surface area contributed by atoms with Crippen LogP contribution >= 0.6 is 0 Å². The molecule has 0 aromatic carbocycles. The Morgan fingerprint density at radius 2 is 1.80 bits per heavy atom. The van der Waals surface area contributed by atoms with E-state index in [1.54, 1.807) is 6.08 Å². The second-order valence-corrected chi connectivity index (χ2v) is 10.2. The van der Waals surface area contributed by atoms with Gasteiger partial charge in [-0.25, -0.2) is 0 Å². The van der Waals surface area contributed by atoms with Crippen molar-refractivity contribution in [2.24, 2.45) is 0 Å². The van der Waals surface area contributed by atoms with Gasteiger partial charge in [-0.2, -0.15) is 0 Å². The molecule has 0 aliphatic carbocycles. The van der Waals surface area contributed by atoms with E-state index < -0.39 is 8.07 Å². The summed E-state index contributed by atoms with van der Waals surface area (Å²) in [6.45, 7) is 8.68. The number of amides is 1. The average Bonchev–Trinajstić information content (AvgIpc) is 2.18. The van der Waals surface area contributed by atoms with Crippen LogP contribution in [0.15, 0.2) is 24.3 Å². The van der Waals surface area contributed by atoms with E-state index in [1.165, 1.54) is 12.1 Å². The molecule has 0 unspecified atom stereocenters. The summed E-state index contributed by atoms with van der Waals surface area (Å²) in [6, 6.07) is 2.49. The SMILES string of the molecule is C/C=C/C=C/C(=O)N1CC[Si](C)(C)CC1. The van der Waals surface area contributed by atoms with Crippen molar-refractivity contribution in [3.63, 3.8) is 0 Å². The van der Waals surface area contributed by atoms with Gasteiger partial charge in [-0.15, -0.1) is 0 Å².